The topological polar surface area (TPSA) is 54.9 Å². The number of nitrogens with one attached hydrogen (secondary N) is 1. The number of nitrogens with zero attached hydrogens (tertiary/aromatic N) is 2. The van der Waals surface area contributed by atoms with E-state index in [4.69, 9.17) is 0 Å². The molecule has 58 valence electrons. The Bertz CT molecular complexity index is 276. The molecule has 0 aliphatic carbocycles. The summed E-state index contributed by atoms with van der Waals surface area (Å²) in [7, 11) is 0. The summed E-state index contributed by atoms with van der Waals surface area (Å²) in [6, 6.07) is 0. The van der Waals surface area contributed by atoms with Crippen LogP contribution < -0.4 is 5.32 Å². The Morgan fingerprint density at radius 3 is 2.91 bits per heavy atom. The van der Waals surface area contributed by atoms with E-state index in [9.17, 15) is 9.18 Å². The molecule has 0 saturated heterocycles. The van der Waals surface area contributed by atoms with Crippen LogP contribution in [-0.2, 0) is 4.79 Å². The van der Waals surface area contributed by atoms with Crippen molar-refractivity contribution in [3.05, 3.63) is 18.3 Å². The molecule has 0 unspecified atom stereocenters. The number of anilines is 1. The highest BCUT2D eigenvalue weighted by atomic mass is 19.1. The zero-order valence-electron chi connectivity index (χ0n) is 5.84. The van der Waals surface area contributed by atoms with Gasteiger partial charge in [0.2, 0.25) is 11.9 Å². The molecule has 4 nitrogen and oxygen atoms in total. The number of rotatable bonds is 1. The van der Waals surface area contributed by atoms with Crippen molar-refractivity contribution in [2.75, 3.05) is 5.32 Å². The van der Waals surface area contributed by atoms with Crippen LogP contribution in [0.3, 0.4) is 0 Å². The van der Waals surface area contributed by atoms with Gasteiger partial charge in [-0.05, 0) is 0 Å². The van der Waals surface area contributed by atoms with Gasteiger partial charge in [-0.1, -0.05) is 0 Å². The maximum atomic E-state index is 12.3. The molecule has 1 N–H and O–H groups in total. The molecule has 0 bridgehead atoms. The second-order valence-corrected chi connectivity index (χ2v) is 1.91. The van der Waals surface area contributed by atoms with Gasteiger partial charge < -0.3 is 5.32 Å². The van der Waals surface area contributed by atoms with Crippen molar-refractivity contribution < 1.29 is 9.18 Å². The predicted octanol–water partition coefficient (Wildman–Crippen LogP) is 0.574. The van der Waals surface area contributed by atoms with Gasteiger partial charge in [-0.2, -0.15) is 9.37 Å². The van der Waals surface area contributed by atoms with E-state index in [0.29, 0.717) is 0 Å². The number of amides is 1. The van der Waals surface area contributed by atoms with Crippen molar-refractivity contribution in [3.63, 3.8) is 0 Å². The summed E-state index contributed by atoms with van der Waals surface area (Å²) in [6.45, 7) is 1.31. The van der Waals surface area contributed by atoms with Crippen LogP contribution in [0.2, 0.25) is 0 Å². The minimum absolute atomic E-state index is 0.123. The van der Waals surface area contributed by atoms with Gasteiger partial charge in [0, 0.05) is 6.92 Å². The molecule has 1 heterocycles. The van der Waals surface area contributed by atoms with Crippen LogP contribution in [0, 0.1) is 5.95 Å². The van der Waals surface area contributed by atoms with Crippen LogP contribution in [0.25, 0.3) is 0 Å². The lowest BCUT2D eigenvalue weighted by Gasteiger charge is -1.97. The fourth-order valence-electron chi connectivity index (χ4n) is 0.583. The number of hydrogen-bond acceptors (Lipinski definition) is 3. The standard InChI is InChI=1S/C6H6FN3O/c1-4(11)9-6-3-8-2-5(7)10-6/h2-3H,1H3,(H,9,10,11). The van der Waals surface area contributed by atoms with Gasteiger partial charge in [-0.15, -0.1) is 0 Å². The smallest absolute Gasteiger partial charge is 0.233 e. The predicted molar refractivity (Wildman–Crippen MR) is 36.3 cm³/mol. The van der Waals surface area contributed by atoms with Crippen LogP contribution in [0.4, 0.5) is 10.2 Å². The van der Waals surface area contributed by atoms with Crippen LogP contribution >= 0.6 is 0 Å². The molecule has 0 aromatic carbocycles. The van der Waals surface area contributed by atoms with Gasteiger partial charge in [0.15, 0.2) is 5.82 Å². The van der Waals surface area contributed by atoms with Gasteiger partial charge in [0.1, 0.15) is 0 Å². The third-order valence-corrected chi connectivity index (χ3v) is 0.909. The third-order valence-electron chi connectivity index (χ3n) is 0.909. The number of carbonyl (C=O) groups is 1. The normalized spacial score (nSPS) is 9.27. The highest BCUT2D eigenvalue weighted by molar-refractivity contribution is 5.87. The molecule has 1 aromatic heterocycles. The van der Waals surface area contributed by atoms with Crippen molar-refractivity contribution in [1.29, 1.82) is 0 Å². The minimum Gasteiger partial charge on any atom is -0.310 e. The molecular formula is C6H6FN3O. The van der Waals surface area contributed by atoms with Gasteiger partial charge in [0.05, 0.1) is 12.4 Å². The van der Waals surface area contributed by atoms with Gasteiger partial charge in [0.25, 0.3) is 0 Å². The van der Waals surface area contributed by atoms with E-state index in [1.807, 2.05) is 0 Å². The zero-order valence-corrected chi connectivity index (χ0v) is 5.84. The Hall–Kier alpha value is -1.52. The molecule has 0 spiro atoms. The van der Waals surface area contributed by atoms with Crippen LogP contribution in [0.5, 0.6) is 0 Å². The average Bonchev–Trinajstić information content (AvgIpc) is 1.85. The molecule has 0 saturated carbocycles. The summed E-state index contributed by atoms with van der Waals surface area (Å²) < 4.78 is 12.3. The Morgan fingerprint density at radius 2 is 2.36 bits per heavy atom. The summed E-state index contributed by atoms with van der Waals surface area (Å²) in [5.41, 5.74) is 0. The third kappa shape index (κ3) is 2.29. The zero-order chi connectivity index (χ0) is 8.27. The number of aromatic nitrogens is 2. The molecule has 0 atom stereocenters. The molecular weight excluding hydrogens is 149 g/mol. The SMILES string of the molecule is CC(=O)Nc1cncc(F)n1. The number of carbonyl (C=O) groups excluding carboxylic acids is 1. The first-order chi connectivity index (χ1) is 5.18. The molecule has 11 heavy (non-hydrogen) atoms. The molecule has 1 rings (SSSR count). The Morgan fingerprint density at radius 1 is 1.64 bits per heavy atom. The van der Waals surface area contributed by atoms with Crippen LogP contribution in [0.15, 0.2) is 12.4 Å². The lowest BCUT2D eigenvalue weighted by molar-refractivity contribution is -0.114. The molecule has 0 fully saturated rings. The van der Waals surface area contributed by atoms with E-state index in [-0.39, 0.29) is 11.7 Å². The molecule has 0 aliphatic heterocycles. The van der Waals surface area contributed by atoms with E-state index in [2.05, 4.69) is 15.3 Å². The van der Waals surface area contributed by atoms with Crippen molar-refractivity contribution in [2.45, 2.75) is 6.92 Å². The highest BCUT2D eigenvalue weighted by Gasteiger charge is 1.97. The Labute approximate surface area is 62.5 Å². The molecule has 1 aromatic rings. The summed E-state index contributed by atoms with van der Waals surface area (Å²) in [6.07, 6.45) is 2.23. The van der Waals surface area contributed by atoms with E-state index in [1.165, 1.54) is 13.1 Å². The molecule has 0 aliphatic rings. The van der Waals surface area contributed by atoms with Crippen molar-refractivity contribution in [3.8, 4) is 0 Å². The fraction of sp³-hybridized carbons (Fsp3) is 0.167. The summed E-state index contributed by atoms with van der Waals surface area (Å²) in [5.74, 6) is -0.890. The van der Waals surface area contributed by atoms with Crippen molar-refractivity contribution in [2.24, 2.45) is 0 Å². The Balaban J connectivity index is 2.79. The largest absolute Gasteiger partial charge is 0.310 e. The van der Waals surface area contributed by atoms with Gasteiger partial charge in [-0.25, -0.2) is 0 Å². The quantitative estimate of drug-likeness (QED) is 0.645. The van der Waals surface area contributed by atoms with Crippen molar-refractivity contribution >= 4 is 11.7 Å². The highest BCUT2D eigenvalue weighted by Crippen LogP contribution is 1.99. The second-order valence-electron chi connectivity index (χ2n) is 1.91. The number of halogens is 1. The van der Waals surface area contributed by atoms with Crippen LogP contribution in [0.1, 0.15) is 6.92 Å². The van der Waals surface area contributed by atoms with E-state index in [0.717, 1.165) is 6.20 Å². The first kappa shape index (κ1) is 7.59. The summed E-state index contributed by atoms with van der Waals surface area (Å²) in [5, 5.41) is 2.29. The van der Waals surface area contributed by atoms with Gasteiger partial charge in [-0.3, -0.25) is 9.78 Å². The fourth-order valence-corrected chi connectivity index (χ4v) is 0.583. The first-order valence-corrected chi connectivity index (χ1v) is 2.93. The maximum absolute atomic E-state index is 12.3. The molecule has 1 amide bonds. The summed E-state index contributed by atoms with van der Waals surface area (Å²) >= 11 is 0. The van der Waals surface area contributed by atoms with E-state index >= 15 is 0 Å². The average molecular weight is 155 g/mol. The number of hydrogen-bond donors (Lipinski definition) is 1. The van der Waals surface area contributed by atoms with E-state index < -0.39 is 5.95 Å². The second kappa shape index (κ2) is 3.05. The molecule has 5 heteroatoms. The minimum atomic E-state index is -0.712. The van der Waals surface area contributed by atoms with Gasteiger partial charge >= 0.3 is 0 Å². The van der Waals surface area contributed by atoms with Crippen molar-refractivity contribution in [1.82, 2.24) is 9.97 Å². The first-order valence-electron chi connectivity index (χ1n) is 2.93. The monoisotopic (exact) mass is 155 g/mol. The van der Waals surface area contributed by atoms with E-state index in [1.54, 1.807) is 0 Å². The van der Waals surface area contributed by atoms with Crippen LogP contribution in [-0.4, -0.2) is 15.9 Å². The summed E-state index contributed by atoms with van der Waals surface area (Å²) in [4.78, 5) is 17.3. The Kier molecular flexibility index (Phi) is 2.10. The molecule has 0 radical (unpaired) electrons. The lowest BCUT2D eigenvalue weighted by atomic mass is 10.6. The lowest BCUT2D eigenvalue weighted by Crippen LogP contribution is -2.08. The maximum Gasteiger partial charge on any atom is 0.233 e.